The Hall–Kier alpha value is -4.16. The zero-order valence-corrected chi connectivity index (χ0v) is 21.5. The van der Waals surface area contributed by atoms with Crippen LogP contribution in [0.2, 0.25) is 5.02 Å². The van der Waals surface area contributed by atoms with Gasteiger partial charge in [0.05, 0.1) is 11.6 Å². The van der Waals surface area contributed by atoms with Gasteiger partial charge in [0.1, 0.15) is 11.5 Å². The molecule has 0 fully saturated rings. The Balaban J connectivity index is 1.36. The maximum atomic E-state index is 12.4. The lowest BCUT2D eigenvalue weighted by molar-refractivity contribution is -0.118. The van der Waals surface area contributed by atoms with E-state index >= 15 is 0 Å². The first-order chi connectivity index (χ1) is 18.0. The molecule has 0 radical (unpaired) electrons. The van der Waals surface area contributed by atoms with Crippen molar-refractivity contribution in [2.75, 3.05) is 23.8 Å². The lowest BCUT2D eigenvalue weighted by atomic mass is 10.2. The lowest BCUT2D eigenvalue weighted by Crippen LogP contribution is -2.20. The van der Waals surface area contributed by atoms with Crippen molar-refractivity contribution >= 4 is 28.9 Å². The van der Waals surface area contributed by atoms with Crippen LogP contribution >= 0.6 is 11.6 Å². The van der Waals surface area contributed by atoms with Crippen LogP contribution in [0.4, 0.5) is 11.4 Å². The molecule has 0 spiro atoms. The standard InChI is InChI=1S/C30H29ClN2O4/c1-3-35-28-18-22(19-32-23-12-14-26(15-13-23)37-25-10-5-4-6-11-25)17-27(31)30(28)36-20-29(34)33-24-9-7-8-21(2)16-24/h4-18,32H,3,19-20H2,1-2H3,(H,33,34). The summed E-state index contributed by atoms with van der Waals surface area (Å²) in [5, 5.41) is 6.57. The van der Waals surface area contributed by atoms with Crippen LogP contribution in [0.3, 0.4) is 0 Å². The molecule has 0 atom stereocenters. The van der Waals surface area contributed by atoms with Gasteiger partial charge in [0.25, 0.3) is 5.91 Å². The van der Waals surface area contributed by atoms with Gasteiger partial charge in [-0.05, 0) is 85.6 Å². The predicted octanol–water partition coefficient (Wildman–Crippen LogP) is 7.47. The Morgan fingerprint density at radius 3 is 2.32 bits per heavy atom. The minimum Gasteiger partial charge on any atom is -0.490 e. The Labute approximate surface area is 222 Å². The van der Waals surface area contributed by atoms with E-state index in [0.717, 1.165) is 28.3 Å². The van der Waals surface area contributed by atoms with Gasteiger partial charge >= 0.3 is 0 Å². The fourth-order valence-corrected chi connectivity index (χ4v) is 3.94. The number of carbonyl (C=O) groups is 1. The summed E-state index contributed by atoms with van der Waals surface area (Å²) in [6.07, 6.45) is 0. The van der Waals surface area contributed by atoms with Crippen LogP contribution in [-0.4, -0.2) is 19.1 Å². The van der Waals surface area contributed by atoms with Crippen molar-refractivity contribution in [3.8, 4) is 23.0 Å². The molecule has 0 aliphatic heterocycles. The van der Waals surface area contributed by atoms with E-state index in [1.54, 1.807) is 6.07 Å². The Morgan fingerprint density at radius 2 is 1.59 bits per heavy atom. The molecule has 4 aromatic rings. The number of rotatable bonds is 11. The fraction of sp³-hybridized carbons (Fsp3) is 0.167. The number of nitrogens with one attached hydrogen (secondary N) is 2. The van der Waals surface area contributed by atoms with E-state index in [1.807, 2.05) is 98.8 Å². The third-order valence-electron chi connectivity index (χ3n) is 5.35. The minimum absolute atomic E-state index is 0.192. The summed E-state index contributed by atoms with van der Waals surface area (Å²) < 4.78 is 17.4. The summed E-state index contributed by atoms with van der Waals surface area (Å²) >= 11 is 6.53. The molecule has 1 amide bonds. The molecular weight excluding hydrogens is 488 g/mol. The zero-order chi connectivity index (χ0) is 26.0. The normalized spacial score (nSPS) is 10.5. The average Bonchev–Trinajstić information content (AvgIpc) is 2.88. The number of halogens is 1. The number of benzene rings is 4. The lowest BCUT2D eigenvalue weighted by Gasteiger charge is -2.16. The van der Waals surface area contributed by atoms with Gasteiger partial charge in [-0.3, -0.25) is 4.79 Å². The number of anilines is 2. The molecule has 0 saturated carbocycles. The first-order valence-electron chi connectivity index (χ1n) is 12.0. The molecule has 7 heteroatoms. The van der Waals surface area contributed by atoms with E-state index < -0.39 is 0 Å². The summed E-state index contributed by atoms with van der Waals surface area (Å²) in [5.41, 5.74) is 3.61. The van der Waals surface area contributed by atoms with Crippen LogP contribution in [0.25, 0.3) is 0 Å². The first kappa shape index (κ1) is 25.9. The molecule has 0 bridgehead atoms. The van der Waals surface area contributed by atoms with Gasteiger partial charge in [0.15, 0.2) is 18.1 Å². The van der Waals surface area contributed by atoms with Crippen LogP contribution in [0.5, 0.6) is 23.0 Å². The summed E-state index contributed by atoms with van der Waals surface area (Å²) in [7, 11) is 0. The van der Waals surface area contributed by atoms with Gasteiger partial charge in [-0.25, -0.2) is 0 Å². The number of carbonyl (C=O) groups excluding carboxylic acids is 1. The number of hydrogen-bond donors (Lipinski definition) is 2. The zero-order valence-electron chi connectivity index (χ0n) is 20.8. The summed E-state index contributed by atoms with van der Waals surface area (Å²) in [6.45, 7) is 4.61. The highest BCUT2D eigenvalue weighted by Gasteiger charge is 2.15. The average molecular weight is 517 g/mol. The second kappa shape index (κ2) is 12.7. The molecule has 0 aliphatic rings. The molecule has 0 aromatic heterocycles. The van der Waals surface area contributed by atoms with Crippen molar-refractivity contribution in [2.24, 2.45) is 0 Å². The largest absolute Gasteiger partial charge is 0.490 e. The third kappa shape index (κ3) is 7.66. The highest BCUT2D eigenvalue weighted by Crippen LogP contribution is 2.37. The van der Waals surface area contributed by atoms with Gasteiger partial charge < -0.3 is 24.8 Å². The number of amides is 1. The molecule has 190 valence electrons. The monoisotopic (exact) mass is 516 g/mol. The molecule has 4 rings (SSSR count). The molecule has 6 nitrogen and oxygen atoms in total. The Kier molecular flexibility index (Phi) is 8.89. The van der Waals surface area contributed by atoms with Crippen molar-refractivity contribution in [1.82, 2.24) is 0 Å². The highest BCUT2D eigenvalue weighted by atomic mass is 35.5. The minimum atomic E-state index is -0.283. The second-order valence-corrected chi connectivity index (χ2v) is 8.74. The van der Waals surface area contributed by atoms with E-state index in [1.165, 1.54) is 0 Å². The van der Waals surface area contributed by atoms with Crippen molar-refractivity contribution in [3.05, 3.63) is 107 Å². The van der Waals surface area contributed by atoms with Crippen molar-refractivity contribution in [2.45, 2.75) is 20.4 Å². The van der Waals surface area contributed by atoms with E-state index in [9.17, 15) is 4.79 Å². The van der Waals surface area contributed by atoms with Crippen LogP contribution in [0.1, 0.15) is 18.1 Å². The first-order valence-corrected chi connectivity index (χ1v) is 12.4. The molecular formula is C30H29ClN2O4. The van der Waals surface area contributed by atoms with Crippen LogP contribution in [0.15, 0.2) is 91.0 Å². The molecule has 2 N–H and O–H groups in total. The smallest absolute Gasteiger partial charge is 0.262 e. The second-order valence-electron chi connectivity index (χ2n) is 8.34. The fourth-order valence-electron chi connectivity index (χ4n) is 3.65. The van der Waals surface area contributed by atoms with Crippen molar-refractivity contribution < 1.29 is 19.0 Å². The highest BCUT2D eigenvalue weighted by molar-refractivity contribution is 6.32. The molecule has 4 aromatic carbocycles. The van der Waals surface area contributed by atoms with Gasteiger partial charge in [-0.2, -0.15) is 0 Å². The summed E-state index contributed by atoms with van der Waals surface area (Å²) in [4.78, 5) is 12.4. The van der Waals surface area contributed by atoms with E-state index in [0.29, 0.717) is 35.4 Å². The topological polar surface area (TPSA) is 68.8 Å². The number of para-hydroxylation sites is 1. The number of hydrogen-bond acceptors (Lipinski definition) is 5. The maximum absolute atomic E-state index is 12.4. The third-order valence-corrected chi connectivity index (χ3v) is 5.63. The summed E-state index contributed by atoms with van der Waals surface area (Å²) in [5.74, 6) is 2.09. The van der Waals surface area contributed by atoms with Crippen LogP contribution < -0.4 is 24.8 Å². The van der Waals surface area contributed by atoms with E-state index in [-0.39, 0.29) is 12.5 Å². The van der Waals surface area contributed by atoms with Crippen molar-refractivity contribution in [3.63, 3.8) is 0 Å². The molecule has 0 unspecified atom stereocenters. The van der Waals surface area contributed by atoms with Crippen LogP contribution in [0, 0.1) is 6.92 Å². The van der Waals surface area contributed by atoms with Gasteiger partial charge in [-0.15, -0.1) is 0 Å². The van der Waals surface area contributed by atoms with Crippen molar-refractivity contribution in [1.29, 1.82) is 0 Å². The maximum Gasteiger partial charge on any atom is 0.262 e. The van der Waals surface area contributed by atoms with E-state index in [4.69, 9.17) is 25.8 Å². The van der Waals surface area contributed by atoms with Gasteiger partial charge in [0, 0.05) is 17.9 Å². The molecule has 0 saturated heterocycles. The Bertz CT molecular complexity index is 1330. The van der Waals surface area contributed by atoms with Gasteiger partial charge in [0.2, 0.25) is 0 Å². The summed E-state index contributed by atoms with van der Waals surface area (Å²) in [6, 6.07) is 28.6. The number of ether oxygens (including phenoxy) is 3. The van der Waals surface area contributed by atoms with Gasteiger partial charge in [-0.1, -0.05) is 41.9 Å². The predicted molar refractivity (Wildman–Crippen MR) is 148 cm³/mol. The molecule has 0 heterocycles. The Morgan fingerprint density at radius 1 is 0.838 bits per heavy atom. The van der Waals surface area contributed by atoms with Crippen LogP contribution in [-0.2, 0) is 11.3 Å². The number of aryl methyl sites for hydroxylation is 1. The van der Waals surface area contributed by atoms with E-state index in [2.05, 4.69) is 10.6 Å². The molecule has 0 aliphatic carbocycles. The SMILES string of the molecule is CCOc1cc(CNc2ccc(Oc3ccccc3)cc2)cc(Cl)c1OCC(=O)Nc1cccc(C)c1. The quantitative estimate of drug-likeness (QED) is 0.216. The molecule has 37 heavy (non-hydrogen) atoms.